The molecule has 0 saturated heterocycles. The molecule has 0 heterocycles. The second-order valence-corrected chi connectivity index (χ2v) is 2.67. The van der Waals surface area contributed by atoms with E-state index in [-0.39, 0.29) is 5.84 Å². The first-order chi connectivity index (χ1) is 6.86. The van der Waals surface area contributed by atoms with Gasteiger partial charge in [0, 0.05) is 6.54 Å². The van der Waals surface area contributed by atoms with Crippen molar-refractivity contribution in [3.63, 3.8) is 0 Å². The van der Waals surface area contributed by atoms with Crippen molar-refractivity contribution in [2.24, 2.45) is 10.1 Å². The molecule has 0 amide bonds. The summed E-state index contributed by atoms with van der Waals surface area (Å²) in [6, 6.07) is 0. The van der Waals surface area contributed by atoms with E-state index in [4.69, 9.17) is 10.4 Å². The van der Waals surface area contributed by atoms with Crippen LogP contribution in [0.15, 0.2) is 10.1 Å². The Morgan fingerprint density at radius 1 is 1.43 bits per heavy atom. The normalized spacial score (nSPS) is 19.4. The molecule has 0 aromatic heterocycles. The fraction of sp³-hybridized carbons (Fsp3) is 0.222. The van der Waals surface area contributed by atoms with Gasteiger partial charge in [-0.25, -0.2) is 0 Å². The summed E-state index contributed by atoms with van der Waals surface area (Å²) in [5, 5.41) is 19.5. The highest BCUT2D eigenvalue weighted by molar-refractivity contribution is 6.28. The summed E-state index contributed by atoms with van der Waals surface area (Å²) >= 11 is 0. The number of aliphatic imine (C=N–C) groups is 1. The summed E-state index contributed by atoms with van der Waals surface area (Å²) < 4.78 is 0. The molecule has 0 aromatic rings. The zero-order valence-corrected chi connectivity index (χ0v) is 7.59. The first-order valence-corrected chi connectivity index (χ1v) is 4.19. The Morgan fingerprint density at radius 2 is 2.14 bits per heavy atom. The van der Waals surface area contributed by atoms with Crippen molar-refractivity contribution in [1.29, 1.82) is 0 Å². The number of oxime groups is 1. The first-order valence-electron chi connectivity index (χ1n) is 4.19. The van der Waals surface area contributed by atoms with Crippen LogP contribution < -0.4 is 5.48 Å². The largest absolute Gasteiger partial charge is 0.411 e. The van der Waals surface area contributed by atoms with E-state index in [9.17, 15) is 0 Å². The fourth-order valence-electron chi connectivity index (χ4n) is 1.05. The number of hydroxylamine groups is 1. The average Bonchev–Trinajstić information content (AvgIpc) is 2.69. The minimum absolute atomic E-state index is 0.138. The summed E-state index contributed by atoms with van der Waals surface area (Å²) in [6.07, 6.45) is 9.74. The monoisotopic (exact) mass is 194 g/mol. The second kappa shape index (κ2) is 6.37. The Morgan fingerprint density at radius 3 is 2.71 bits per heavy atom. The Balaban J connectivity index is 2.22. The van der Waals surface area contributed by atoms with Gasteiger partial charge in [-0.2, -0.15) is 0 Å². The third kappa shape index (κ3) is 3.74. The minimum atomic E-state index is 0.138. The summed E-state index contributed by atoms with van der Waals surface area (Å²) in [6.45, 7) is 0.527. The van der Waals surface area contributed by atoms with E-state index in [1.54, 1.807) is 0 Å². The van der Waals surface area contributed by atoms with E-state index in [1.807, 2.05) is 31.2 Å². The highest BCUT2D eigenvalue weighted by Gasteiger charge is 2.15. The van der Waals surface area contributed by atoms with E-state index in [0.29, 0.717) is 6.54 Å². The standard InChI is InChI=1S/C9H12N3O2/c13-11-7-9(12-14)10-6-5-8-3-1-2-4-8/h1-4,7,13-14H,5-6H2,(H,10,12)/b11-7+. The zero-order chi connectivity index (χ0) is 10.2. The SMILES string of the molecule is O/N=C/C(=NCC[C]1[CH][CH][CH][CH]1)NO. The Kier molecular flexibility index (Phi) is 4.99. The third-order valence-electron chi connectivity index (χ3n) is 1.71. The van der Waals surface area contributed by atoms with Gasteiger partial charge in [0.1, 0.15) is 6.21 Å². The molecular weight excluding hydrogens is 182 g/mol. The summed E-state index contributed by atoms with van der Waals surface area (Å²) in [5.41, 5.74) is 1.82. The molecule has 0 unspecified atom stereocenters. The molecule has 0 aliphatic heterocycles. The molecule has 0 aromatic carbocycles. The van der Waals surface area contributed by atoms with Crippen LogP contribution in [0.5, 0.6) is 0 Å². The Bertz CT molecular complexity index is 210. The van der Waals surface area contributed by atoms with Gasteiger partial charge >= 0.3 is 0 Å². The molecular formula is C9H12N3O2. The maximum atomic E-state index is 8.53. The highest BCUT2D eigenvalue weighted by Crippen LogP contribution is 2.25. The number of hydrogen-bond donors (Lipinski definition) is 3. The first kappa shape index (κ1) is 11.0. The molecule has 5 radical (unpaired) electrons. The van der Waals surface area contributed by atoms with Crippen LogP contribution in [0.1, 0.15) is 6.42 Å². The van der Waals surface area contributed by atoms with Crippen LogP contribution in [-0.4, -0.2) is 29.0 Å². The van der Waals surface area contributed by atoms with Gasteiger partial charge in [0.05, 0.1) is 0 Å². The minimum Gasteiger partial charge on any atom is -0.411 e. The lowest BCUT2D eigenvalue weighted by molar-refractivity contribution is 0.236. The van der Waals surface area contributed by atoms with Crippen molar-refractivity contribution in [3.05, 3.63) is 31.6 Å². The molecule has 5 heteroatoms. The predicted octanol–water partition coefficient (Wildman–Crippen LogP) is 0.619. The van der Waals surface area contributed by atoms with Crippen LogP contribution in [0.4, 0.5) is 0 Å². The summed E-state index contributed by atoms with van der Waals surface area (Å²) in [4.78, 5) is 3.95. The Hall–Kier alpha value is -1.10. The molecule has 0 atom stereocenters. The molecule has 1 aliphatic rings. The van der Waals surface area contributed by atoms with Crippen molar-refractivity contribution in [3.8, 4) is 0 Å². The third-order valence-corrected chi connectivity index (χ3v) is 1.71. The molecule has 1 rings (SSSR count). The quantitative estimate of drug-likeness (QED) is 0.266. The molecule has 75 valence electrons. The van der Waals surface area contributed by atoms with Crippen LogP contribution in [0, 0.1) is 31.6 Å². The summed E-state index contributed by atoms with van der Waals surface area (Å²) in [7, 11) is 0. The number of nitrogens with one attached hydrogen (secondary N) is 1. The van der Waals surface area contributed by atoms with Gasteiger partial charge in [-0.1, -0.05) is 5.16 Å². The van der Waals surface area contributed by atoms with Crippen LogP contribution in [0.3, 0.4) is 0 Å². The summed E-state index contributed by atoms with van der Waals surface area (Å²) in [5.74, 6) is 1.33. The van der Waals surface area contributed by atoms with Crippen molar-refractivity contribution in [2.75, 3.05) is 6.54 Å². The fourth-order valence-corrected chi connectivity index (χ4v) is 1.05. The van der Waals surface area contributed by atoms with Gasteiger partial charge in [0.2, 0.25) is 0 Å². The molecule has 5 nitrogen and oxygen atoms in total. The molecule has 1 saturated carbocycles. The number of nitrogens with zero attached hydrogens (tertiary/aromatic N) is 2. The lowest BCUT2D eigenvalue weighted by Crippen LogP contribution is -2.21. The molecule has 0 spiro atoms. The van der Waals surface area contributed by atoms with Crippen LogP contribution >= 0.6 is 0 Å². The highest BCUT2D eigenvalue weighted by atomic mass is 16.5. The smallest absolute Gasteiger partial charge is 0.166 e. The van der Waals surface area contributed by atoms with Gasteiger partial charge in [0.25, 0.3) is 0 Å². The van der Waals surface area contributed by atoms with Crippen LogP contribution in [0.2, 0.25) is 0 Å². The Labute approximate surface area is 83.5 Å². The van der Waals surface area contributed by atoms with Crippen molar-refractivity contribution >= 4 is 12.1 Å². The maximum absolute atomic E-state index is 8.53. The lowest BCUT2D eigenvalue weighted by Gasteiger charge is -2.04. The van der Waals surface area contributed by atoms with E-state index in [2.05, 4.69) is 10.1 Å². The van der Waals surface area contributed by atoms with Crippen LogP contribution in [0.25, 0.3) is 0 Å². The number of rotatable bonds is 4. The van der Waals surface area contributed by atoms with Crippen LogP contribution in [-0.2, 0) is 0 Å². The van der Waals surface area contributed by atoms with Gasteiger partial charge < -0.3 is 5.21 Å². The van der Waals surface area contributed by atoms with E-state index in [1.165, 1.54) is 5.92 Å². The van der Waals surface area contributed by atoms with Crippen molar-refractivity contribution in [2.45, 2.75) is 6.42 Å². The van der Waals surface area contributed by atoms with Gasteiger partial charge in [-0.15, -0.1) is 0 Å². The topological polar surface area (TPSA) is 77.2 Å². The van der Waals surface area contributed by atoms with Gasteiger partial charge in [-0.05, 0) is 38.0 Å². The molecule has 1 fully saturated rings. The zero-order valence-electron chi connectivity index (χ0n) is 7.59. The molecule has 14 heavy (non-hydrogen) atoms. The number of amidine groups is 1. The van der Waals surface area contributed by atoms with Gasteiger partial charge in [-0.3, -0.25) is 15.7 Å². The van der Waals surface area contributed by atoms with Crippen molar-refractivity contribution in [1.82, 2.24) is 5.48 Å². The van der Waals surface area contributed by atoms with Crippen molar-refractivity contribution < 1.29 is 10.4 Å². The lowest BCUT2D eigenvalue weighted by atomic mass is 10.0. The second-order valence-electron chi connectivity index (χ2n) is 2.67. The number of hydrogen-bond acceptors (Lipinski definition) is 4. The van der Waals surface area contributed by atoms with E-state index in [0.717, 1.165) is 12.6 Å². The molecule has 3 N–H and O–H groups in total. The predicted molar refractivity (Wildman–Crippen MR) is 52.6 cm³/mol. The van der Waals surface area contributed by atoms with E-state index >= 15 is 0 Å². The van der Waals surface area contributed by atoms with Gasteiger partial charge in [0.15, 0.2) is 5.84 Å². The van der Waals surface area contributed by atoms with E-state index < -0.39 is 0 Å². The maximum Gasteiger partial charge on any atom is 0.166 e. The molecule has 0 bridgehead atoms. The molecule has 1 aliphatic carbocycles. The average molecular weight is 194 g/mol.